The van der Waals surface area contributed by atoms with Crippen LogP contribution in [0.2, 0.25) is 0 Å². The van der Waals surface area contributed by atoms with E-state index in [4.69, 9.17) is 4.74 Å². The first-order valence-corrected chi connectivity index (χ1v) is 13.8. The van der Waals surface area contributed by atoms with Gasteiger partial charge in [-0.15, -0.1) is 0 Å². The van der Waals surface area contributed by atoms with Crippen molar-refractivity contribution in [3.8, 4) is 5.75 Å². The molecule has 210 valence electrons. The Kier molecular flexibility index (Phi) is 11.0. The number of hydrogen-bond donors (Lipinski definition) is 1. The number of hydrogen-bond acceptors (Lipinski definition) is 7. The lowest BCUT2D eigenvalue weighted by Crippen LogP contribution is -2.34. The molecule has 1 aliphatic heterocycles. The van der Waals surface area contributed by atoms with Crippen LogP contribution in [0.15, 0.2) is 54.1 Å². The minimum atomic E-state index is -0.782. The maximum absolute atomic E-state index is 13.3. The Bertz CT molecular complexity index is 1150. The lowest BCUT2D eigenvalue weighted by atomic mass is 9.95. The van der Waals surface area contributed by atoms with Crippen LogP contribution in [-0.2, 0) is 9.59 Å². The molecule has 1 heterocycles. The van der Waals surface area contributed by atoms with Crippen LogP contribution in [-0.4, -0.2) is 64.3 Å². The van der Waals surface area contributed by atoms with Crippen molar-refractivity contribution in [1.29, 1.82) is 0 Å². The summed E-state index contributed by atoms with van der Waals surface area (Å²) in [6.07, 6.45) is 5.12. The van der Waals surface area contributed by atoms with Crippen molar-refractivity contribution in [2.45, 2.75) is 58.9 Å². The Morgan fingerprint density at radius 1 is 0.949 bits per heavy atom. The van der Waals surface area contributed by atoms with Crippen molar-refractivity contribution >= 4 is 23.1 Å². The molecule has 2 aromatic rings. The number of nitro groups is 1. The quantitative estimate of drug-likeness (QED) is 0.102. The Hall–Kier alpha value is -3.72. The van der Waals surface area contributed by atoms with Gasteiger partial charge in [-0.2, -0.15) is 0 Å². The average molecular weight is 538 g/mol. The first-order chi connectivity index (χ1) is 18.8. The van der Waals surface area contributed by atoms with Gasteiger partial charge in [0.2, 0.25) is 0 Å². The molecular formula is C30H39N3O6. The molecule has 9 nitrogen and oxygen atoms in total. The number of unbranched alkanes of at least 4 members (excludes halogenated alkanes) is 2. The van der Waals surface area contributed by atoms with Gasteiger partial charge in [0.25, 0.3) is 17.4 Å². The molecule has 0 aromatic heterocycles. The molecule has 1 fully saturated rings. The van der Waals surface area contributed by atoms with Crippen LogP contribution in [0.25, 0.3) is 5.76 Å². The minimum absolute atomic E-state index is 0.0214. The van der Waals surface area contributed by atoms with Gasteiger partial charge in [0.15, 0.2) is 0 Å². The van der Waals surface area contributed by atoms with Crippen LogP contribution >= 0.6 is 0 Å². The van der Waals surface area contributed by atoms with Crippen molar-refractivity contribution in [1.82, 2.24) is 9.80 Å². The second kappa shape index (κ2) is 14.4. The summed E-state index contributed by atoms with van der Waals surface area (Å²) >= 11 is 0. The molecule has 0 unspecified atom stereocenters. The number of rotatable bonds is 15. The number of nitro benzene ring substituents is 1. The zero-order chi connectivity index (χ0) is 28.4. The molecule has 1 N–H and O–H groups in total. The predicted molar refractivity (Wildman–Crippen MR) is 151 cm³/mol. The number of amides is 1. The average Bonchev–Trinajstić information content (AvgIpc) is 3.19. The third-order valence-corrected chi connectivity index (χ3v) is 6.93. The van der Waals surface area contributed by atoms with Crippen molar-refractivity contribution in [3.63, 3.8) is 0 Å². The Morgan fingerprint density at radius 2 is 1.54 bits per heavy atom. The summed E-state index contributed by atoms with van der Waals surface area (Å²) in [6, 6.07) is 11.7. The molecule has 0 bridgehead atoms. The van der Waals surface area contributed by atoms with E-state index in [9.17, 15) is 24.8 Å². The SMILES string of the molecule is CCCCN(CCCC)CCCN1C(=O)C(=O)C(=C(O)c2ccc([N+](=O)[O-])cc2)[C@H]1c1ccc(OCC)cc1. The van der Waals surface area contributed by atoms with Gasteiger partial charge >= 0.3 is 0 Å². The normalized spacial score (nSPS) is 16.7. The summed E-state index contributed by atoms with van der Waals surface area (Å²) in [5.41, 5.74) is 0.757. The number of aliphatic hydroxyl groups is 1. The standard InChI is InChI=1S/C30H39N3O6/c1-4-7-18-31(19-8-5-2)20-9-21-32-27(22-12-16-25(17-13-22)39-6-3)26(29(35)30(32)36)28(34)23-10-14-24(15-11-23)33(37)38/h10-17,27,34H,4-9,18-21H2,1-3H3/t27-/m1/s1. The molecule has 1 aliphatic rings. The van der Waals surface area contributed by atoms with Gasteiger partial charge < -0.3 is 19.6 Å². The summed E-state index contributed by atoms with van der Waals surface area (Å²) in [5, 5.41) is 22.3. The van der Waals surface area contributed by atoms with Crippen molar-refractivity contribution < 1.29 is 24.4 Å². The Balaban J connectivity index is 1.94. The summed E-state index contributed by atoms with van der Waals surface area (Å²) in [7, 11) is 0. The van der Waals surface area contributed by atoms with Gasteiger partial charge in [-0.1, -0.05) is 38.8 Å². The minimum Gasteiger partial charge on any atom is -0.507 e. The zero-order valence-corrected chi connectivity index (χ0v) is 23.1. The molecule has 0 radical (unpaired) electrons. The molecule has 0 spiro atoms. The lowest BCUT2D eigenvalue weighted by Gasteiger charge is -2.27. The maximum atomic E-state index is 13.3. The Morgan fingerprint density at radius 3 is 2.08 bits per heavy atom. The van der Waals surface area contributed by atoms with Crippen LogP contribution in [0, 0.1) is 10.1 Å². The molecule has 1 amide bonds. The molecule has 2 aromatic carbocycles. The topological polar surface area (TPSA) is 113 Å². The molecule has 1 saturated heterocycles. The van der Waals surface area contributed by atoms with E-state index in [1.165, 1.54) is 29.2 Å². The van der Waals surface area contributed by atoms with Crippen LogP contribution in [0.4, 0.5) is 5.69 Å². The highest BCUT2D eigenvalue weighted by Gasteiger charge is 2.45. The third kappa shape index (κ3) is 7.44. The summed E-state index contributed by atoms with van der Waals surface area (Å²) in [6.45, 7) is 9.88. The van der Waals surface area contributed by atoms with Gasteiger partial charge in [0, 0.05) is 24.2 Å². The Labute approximate surface area is 230 Å². The first kappa shape index (κ1) is 29.8. The predicted octanol–water partition coefficient (Wildman–Crippen LogP) is 5.71. The first-order valence-electron chi connectivity index (χ1n) is 13.8. The summed E-state index contributed by atoms with van der Waals surface area (Å²) < 4.78 is 5.55. The van der Waals surface area contributed by atoms with E-state index in [2.05, 4.69) is 18.7 Å². The second-order valence-electron chi connectivity index (χ2n) is 9.70. The number of ether oxygens (including phenoxy) is 1. The van der Waals surface area contributed by atoms with Crippen LogP contribution < -0.4 is 4.74 Å². The van der Waals surface area contributed by atoms with Crippen molar-refractivity contribution in [2.75, 3.05) is 32.8 Å². The lowest BCUT2D eigenvalue weighted by molar-refractivity contribution is -0.384. The molecular weight excluding hydrogens is 498 g/mol. The van der Waals surface area contributed by atoms with Crippen molar-refractivity contribution in [3.05, 3.63) is 75.3 Å². The molecule has 0 saturated carbocycles. The number of carbonyl (C=O) groups is 2. The van der Waals surface area contributed by atoms with E-state index < -0.39 is 22.7 Å². The highest BCUT2D eigenvalue weighted by Crippen LogP contribution is 2.40. The highest BCUT2D eigenvalue weighted by molar-refractivity contribution is 6.46. The van der Waals surface area contributed by atoms with E-state index in [0.717, 1.165) is 45.3 Å². The smallest absolute Gasteiger partial charge is 0.295 e. The number of aliphatic hydroxyl groups excluding tert-OH is 1. The number of benzene rings is 2. The van der Waals surface area contributed by atoms with Gasteiger partial charge in [-0.25, -0.2) is 0 Å². The highest BCUT2D eigenvalue weighted by atomic mass is 16.6. The fourth-order valence-corrected chi connectivity index (χ4v) is 4.83. The molecule has 9 heteroatoms. The molecule has 1 atom stereocenters. The third-order valence-electron chi connectivity index (χ3n) is 6.93. The van der Waals surface area contributed by atoms with Crippen LogP contribution in [0.1, 0.15) is 70.0 Å². The fourth-order valence-electron chi connectivity index (χ4n) is 4.83. The number of ketones is 1. The summed E-state index contributed by atoms with van der Waals surface area (Å²) in [4.78, 5) is 41.0. The van der Waals surface area contributed by atoms with E-state index in [0.29, 0.717) is 30.9 Å². The van der Waals surface area contributed by atoms with E-state index >= 15 is 0 Å². The van der Waals surface area contributed by atoms with Crippen LogP contribution in [0.3, 0.4) is 0 Å². The number of non-ortho nitro benzene ring substituents is 1. The molecule has 3 rings (SSSR count). The maximum Gasteiger partial charge on any atom is 0.295 e. The van der Waals surface area contributed by atoms with Gasteiger partial charge in [0.05, 0.1) is 23.1 Å². The molecule has 39 heavy (non-hydrogen) atoms. The van der Waals surface area contributed by atoms with Crippen molar-refractivity contribution in [2.24, 2.45) is 0 Å². The number of carbonyl (C=O) groups excluding carboxylic acids is 2. The van der Waals surface area contributed by atoms with Gasteiger partial charge in [-0.05, 0) is 75.6 Å². The number of nitrogens with zero attached hydrogens (tertiary/aromatic N) is 3. The van der Waals surface area contributed by atoms with Gasteiger partial charge in [-0.3, -0.25) is 19.7 Å². The zero-order valence-electron chi connectivity index (χ0n) is 23.1. The number of likely N-dealkylation sites (tertiary alicyclic amines) is 1. The number of Topliss-reactive ketones (excluding diaryl/α,β-unsaturated/α-hetero) is 1. The fraction of sp³-hybridized carbons (Fsp3) is 0.467. The largest absolute Gasteiger partial charge is 0.507 e. The van der Waals surface area contributed by atoms with E-state index in [-0.39, 0.29) is 22.6 Å². The van der Waals surface area contributed by atoms with Crippen LogP contribution in [0.5, 0.6) is 5.75 Å². The van der Waals surface area contributed by atoms with Gasteiger partial charge in [0.1, 0.15) is 11.5 Å². The summed E-state index contributed by atoms with van der Waals surface area (Å²) in [5.74, 6) is -1.11. The second-order valence-corrected chi connectivity index (χ2v) is 9.70. The van der Waals surface area contributed by atoms with E-state index in [1.807, 2.05) is 6.92 Å². The monoisotopic (exact) mass is 537 g/mol. The molecule has 0 aliphatic carbocycles. The van der Waals surface area contributed by atoms with E-state index in [1.54, 1.807) is 24.3 Å².